The Balaban J connectivity index is 2.32. The Labute approximate surface area is 130 Å². The molecule has 0 fully saturated rings. The van der Waals surface area contributed by atoms with Crippen molar-refractivity contribution in [3.05, 3.63) is 51.6 Å². The normalized spacial score (nSPS) is 9.95. The van der Waals surface area contributed by atoms with Gasteiger partial charge >= 0.3 is 0 Å². The Morgan fingerprint density at radius 1 is 1.43 bits per heavy atom. The van der Waals surface area contributed by atoms with Crippen LogP contribution in [-0.2, 0) is 6.42 Å². The minimum absolute atomic E-state index is 0.300. The van der Waals surface area contributed by atoms with E-state index in [2.05, 4.69) is 26.2 Å². The number of benzene rings is 1. The summed E-state index contributed by atoms with van der Waals surface area (Å²) < 4.78 is 0.778. The van der Waals surface area contributed by atoms with Crippen LogP contribution in [-0.4, -0.2) is 10.9 Å². The van der Waals surface area contributed by atoms with Gasteiger partial charge < -0.3 is 11.1 Å². The standard InChI is InChI=1S/C15H13BrN4O/c1-2-12-5-10(6-14(18)19-12)15(21)20-13-7-11(16)4-3-9(13)8-17/h3-7H,2H2,1H3,(H2,18,19)(H,20,21). The average molecular weight is 345 g/mol. The summed E-state index contributed by atoms with van der Waals surface area (Å²) in [6, 6.07) is 10.3. The maximum Gasteiger partial charge on any atom is 0.255 e. The van der Waals surface area contributed by atoms with E-state index in [4.69, 9.17) is 11.0 Å². The lowest BCUT2D eigenvalue weighted by atomic mass is 10.1. The first-order chi connectivity index (χ1) is 10.0. The molecule has 0 bridgehead atoms. The summed E-state index contributed by atoms with van der Waals surface area (Å²) >= 11 is 3.32. The third-order valence-electron chi connectivity index (χ3n) is 2.87. The molecule has 0 unspecified atom stereocenters. The molecule has 0 aliphatic heterocycles. The zero-order valence-electron chi connectivity index (χ0n) is 11.4. The fourth-order valence-corrected chi connectivity index (χ4v) is 2.20. The predicted molar refractivity (Wildman–Crippen MR) is 84.8 cm³/mol. The van der Waals surface area contributed by atoms with E-state index in [1.807, 2.05) is 13.0 Å². The molecule has 21 heavy (non-hydrogen) atoms. The fourth-order valence-electron chi connectivity index (χ4n) is 1.83. The molecule has 6 heteroatoms. The highest BCUT2D eigenvalue weighted by Crippen LogP contribution is 2.22. The summed E-state index contributed by atoms with van der Waals surface area (Å²) in [6.07, 6.45) is 0.686. The molecule has 1 heterocycles. The van der Waals surface area contributed by atoms with E-state index in [-0.39, 0.29) is 5.91 Å². The van der Waals surface area contributed by atoms with Crippen molar-refractivity contribution in [1.82, 2.24) is 4.98 Å². The molecule has 5 nitrogen and oxygen atoms in total. The number of nitrogen functional groups attached to an aromatic ring is 1. The summed E-state index contributed by atoms with van der Waals surface area (Å²) in [5, 5.41) is 11.8. The molecule has 0 radical (unpaired) electrons. The summed E-state index contributed by atoms with van der Waals surface area (Å²) in [4.78, 5) is 16.4. The van der Waals surface area contributed by atoms with Crippen LogP contribution >= 0.6 is 15.9 Å². The Hall–Kier alpha value is -2.39. The van der Waals surface area contributed by atoms with Gasteiger partial charge in [0.1, 0.15) is 11.9 Å². The molecular weight excluding hydrogens is 332 g/mol. The first-order valence-electron chi connectivity index (χ1n) is 6.31. The van der Waals surface area contributed by atoms with E-state index in [9.17, 15) is 4.79 Å². The number of rotatable bonds is 3. The van der Waals surface area contributed by atoms with E-state index < -0.39 is 0 Å². The number of aromatic nitrogens is 1. The Morgan fingerprint density at radius 3 is 2.86 bits per heavy atom. The largest absolute Gasteiger partial charge is 0.384 e. The number of nitrogens with two attached hydrogens (primary N) is 1. The van der Waals surface area contributed by atoms with Gasteiger partial charge in [-0.1, -0.05) is 22.9 Å². The second-order valence-corrected chi connectivity index (χ2v) is 5.30. The lowest BCUT2D eigenvalue weighted by molar-refractivity contribution is 0.102. The minimum Gasteiger partial charge on any atom is -0.384 e. The van der Waals surface area contributed by atoms with Gasteiger partial charge in [0.15, 0.2) is 0 Å². The van der Waals surface area contributed by atoms with Crippen molar-refractivity contribution >= 4 is 33.3 Å². The van der Waals surface area contributed by atoms with Crippen LogP contribution in [0.3, 0.4) is 0 Å². The van der Waals surface area contributed by atoms with Gasteiger partial charge in [-0.25, -0.2) is 4.98 Å². The number of hydrogen-bond donors (Lipinski definition) is 2. The van der Waals surface area contributed by atoms with E-state index in [1.54, 1.807) is 24.3 Å². The third kappa shape index (κ3) is 3.58. The number of amides is 1. The van der Waals surface area contributed by atoms with Gasteiger partial charge in [-0.3, -0.25) is 4.79 Å². The summed E-state index contributed by atoms with van der Waals surface area (Å²) in [6.45, 7) is 1.94. The number of pyridine rings is 1. The van der Waals surface area contributed by atoms with Crippen LogP contribution in [0.5, 0.6) is 0 Å². The van der Waals surface area contributed by atoms with Gasteiger partial charge in [-0.05, 0) is 36.8 Å². The van der Waals surface area contributed by atoms with Crippen molar-refractivity contribution in [2.45, 2.75) is 13.3 Å². The van der Waals surface area contributed by atoms with E-state index in [1.165, 1.54) is 6.07 Å². The molecule has 1 aromatic heterocycles. The molecule has 1 amide bonds. The van der Waals surface area contributed by atoms with Gasteiger partial charge in [0.2, 0.25) is 0 Å². The maximum atomic E-state index is 12.3. The van der Waals surface area contributed by atoms with Crippen LogP contribution in [0.1, 0.15) is 28.5 Å². The number of halogens is 1. The number of carbonyl (C=O) groups excluding carboxylic acids is 1. The number of anilines is 2. The second kappa shape index (κ2) is 6.37. The van der Waals surface area contributed by atoms with Crippen molar-refractivity contribution in [3.8, 4) is 6.07 Å². The van der Waals surface area contributed by atoms with Crippen molar-refractivity contribution in [1.29, 1.82) is 5.26 Å². The first kappa shape index (κ1) is 15.0. The Morgan fingerprint density at radius 2 is 2.19 bits per heavy atom. The number of nitrogens with zero attached hydrogens (tertiary/aromatic N) is 2. The molecule has 3 N–H and O–H groups in total. The molecule has 2 rings (SSSR count). The number of hydrogen-bond acceptors (Lipinski definition) is 4. The van der Waals surface area contributed by atoms with Gasteiger partial charge in [-0.2, -0.15) is 5.26 Å². The van der Waals surface area contributed by atoms with Crippen LogP contribution < -0.4 is 11.1 Å². The van der Waals surface area contributed by atoms with E-state index in [0.717, 1.165) is 10.2 Å². The number of nitrogens with one attached hydrogen (secondary N) is 1. The van der Waals surface area contributed by atoms with Crippen LogP contribution in [0.4, 0.5) is 11.5 Å². The average Bonchev–Trinajstić information content (AvgIpc) is 2.46. The highest BCUT2D eigenvalue weighted by molar-refractivity contribution is 9.10. The summed E-state index contributed by atoms with van der Waals surface area (Å²) in [5.41, 5.74) is 7.70. The molecular formula is C15H13BrN4O. The van der Waals surface area contributed by atoms with Crippen molar-refractivity contribution in [2.75, 3.05) is 11.1 Å². The molecule has 0 atom stereocenters. The van der Waals surface area contributed by atoms with Crippen molar-refractivity contribution in [3.63, 3.8) is 0 Å². The highest BCUT2D eigenvalue weighted by atomic mass is 79.9. The monoisotopic (exact) mass is 344 g/mol. The van der Waals surface area contributed by atoms with Gasteiger partial charge in [0.05, 0.1) is 11.3 Å². The predicted octanol–water partition coefficient (Wildman–Crippen LogP) is 3.11. The van der Waals surface area contributed by atoms with Gasteiger partial charge in [0.25, 0.3) is 5.91 Å². The lowest BCUT2D eigenvalue weighted by Gasteiger charge is -2.09. The highest BCUT2D eigenvalue weighted by Gasteiger charge is 2.11. The lowest BCUT2D eigenvalue weighted by Crippen LogP contribution is -2.14. The topological polar surface area (TPSA) is 91.8 Å². The number of nitriles is 1. The van der Waals surface area contributed by atoms with Crippen molar-refractivity contribution in [2.24, 2.45) is 0 Å². The molecule has 0 spiro atoms. The second-order valence-electron chi connectivity index (χ2n) is 4.38. The van der Waals surface area contributed by atoms with Crippen molar-refractivity contribution < 1.29 is 4.79 Å². The SMILES string of the molecule is CCc1cc(C(=O)Nc2cc(Br)ccc2C#N)cc(N)n1. The van der Waals surface area contributed by atoms with E-state index >= 15 is 0 Å². The van der Waals surface area contributed by atoms with Crippen LogP contribution in [0.2, 0.25) is 0 Å². The zero-order chi connectivity index (χ0) is 15.4. The molecule has 0 saturated carbocycles. The third-order valence-corrected chi connectivity index (χ3v) is 3.37. The molecule has 106 valence electrons. The maximum absolute atomic E-state index is 12.3. The Kier molecular flexibility index (Phi) is 4.55. The molecule has 0 saturated heterocycles. The van der Waals surface area contributed by atoms with E-state index in [0.29, 0.717) is 29.1 Å². The first-order valence-corrected chi connectivity index (χ1v) is 7.10. The summed E-state index contributed by atoms with van der Waals surface area (Å²) in [7, 11) is 0. The van der Waals surface area contributed by atoms with Crippen LogP contribution in [0.25, 0.3) is 0 Å². The fraction of sp³-hybridized carbons (Fsp3) is 0.133. The van der Waals surface area contributed by atoms with Gasteiger partial charge in [-0.15, -0.1) is 0 Å². The minimum atomic E-state index is -0.326. The van der Waals surface area contributed by atoms with Gasteiger partial charge in [0, 0.05) is 15.7 Å². The molecule has 0 aliphatic rings. The summed E-state index contributed by atoms with van der Waals surface area (Å²) in [5.74, 6) is -0.0253. The number of aryl methyl sites for hydroxylation is 1. The molecule has 2 aromatic rings. The van der Waals surface area contributed by atoms with Crippen LogP contribution in [0, 0.1) is 11.3 Å². The smallest absolute Gasteiger partial charge is 0.255 e. The zero-order valence-corrected chi connectivity index (χ0v) is 12.9. The molecule has 1 aromatic carbocycles. The molecule has 0 aliphatic carbocycles. The number of carbonyl (C=O) groups is 1. The quantitative estimate of drug-likeness (QED) is 0.894. The van der Waals surface area contributed by atoms with Crippen LogP contribution in [0.15, 0.2) is 34.8 Å². The Bertz CT molecular complexity index is 737.